The van der Waals surface area contributed by atoms with Crippen LogP contribution >= 0.6 is 0 Å². The molecule has 152 valence electrons. The predicted molar refractivity (Wildman–Crippen MR) is 114 cm³/mol. The van der Waals surface area contributed by atoms with Crippen LogP contribution in [-0.2, 0) is 9.63 Å². The number of nitrogens with zero attached hydrogens (tertiary/aromatic N) is 1. The van der Waals surface area contributed by atoms with E-state index in [1.165, 1.54) is 18.4 Å². The van der Waals surface area contributed by atoms with E-state index in [0.717, 1.165) is 32.1 Å². The molecule has 0 spiro atoms. The largest absolute Gasteiger partial charge is 0.352 e. The summed E-state index contributed by atoms with van der Waals surface area (Å²) in [5.41, 5.74) is 1.19. The number of rotatable bonds is 13. The average molecular weight is 376 g/mol. The van der Waals surface area contributed by atoms with Crippen molar-refractivity contribution in [2.75, 3.05) is 6.54 Å². The Morgan fingerprint density at radius 3 is 2.96 bits per heavy atom. The number of carbonyl (C=O) groups excluding carboxylic acids is 1. The molecular formula is C22H37N3O2. The first-order valence-corrected chi connectivity index (χ1v) is 10.3. The first-order chi connectivity index (χ1) is 13.1. The molecule has 3 atom stereocenters. The number of nitrogens with two attached hydrogens (primary N) is 1. The van der Waals surface area contributed by atoms with Gasteiger partial charge in [0.2, 0.25) is 5.91 Å². The molecular weight excluding hydrogens is 338 g/mol. The van der Waals surface area contributed by atoms with E-state index in [2.05, 4.69) is 37.9 Å². The summed E-state index contributed by atoms with van der Waals surface area (Å²) in [6.45, 7) is 8.41. The van der Waals surface area contributed by atoms with Crippen LogP contribution in [0.2, 0.25) is 0 Å². The smallest absolute Gasteiger partial charge is 0.227 e. The zero-order chi connectivity index (χ0) is 19.9. The maximum atomic E-state index is 12.4. The van der Waals surface area contributed by atoms with Crippen LogP contribution in [-0.4, -0.2) is 30.8 Å². The molecule has 0 aromatic heterocycles. The second kappa shape index (κ2) is 14.4. The van der Waals surface area contributed by atoms with E-state index in [1.54, 1.807) is 6.08 Å². The van der Waals surface area contributed by atoms with Crippen LogP contribution in [0.1, 0.15) is 65.2 Å². The van der Waals surface area contributed by atoms with Gasteiger partial charge in [-0.1, -0.05) is 56.6 Å². The van der Waals surface area contributed by atoms with Crippen LogP contribution in [0.5, 0.6) is 0 Å². The van der Waals surface area contributed by atoms with E-state index in [1.807, 2.05) is 12.3 Å². The summed E-state index contributed by atoms with van der Waals surface area (Å²) in [5.74, 6) is 5.20. The monoisotopic (exact) mass is 375 g/mol. The highest BCUT2D eigenvalue weighted by molar-refractivity contribution is 5.81. The highest BCUT2D eigenvalue weighted by Gasteiger charge is 2.21. The van der Waals surface area contributed by atoms with Crippen molar-refractivity contribution in [2.45, 2.75) is 77.4 Å². The molecule has 0 saturated heterocycles. The summed E-state index contributed by atoms with van der Waals surface area (Å²) in [6.07, 6.45) is 17.9. The van der Waals surface area contributed by atoms with Crippen LogP contribution in [0.3, 0.4) is 0 Å². The topological polar surface area (TPSA) is 76.7 Å². The Morgan fingerprint density at radius 2 is 2.30 bits per heavy atom. The Hall–Kier alpha value is -1.72. The van der Waals surface area contributed by atoms with Gasteiger partial charge in [0.15, 0.2) is 0 Å². The fourth-order valence-corrected chi connectivity index (χ4v) is 3.11. The highest BCUT2D eigenvalue weighted by atomic mass is 16.6. The Kier molecular flexibility index (Phi) is 12.4. The van der Waals surface area contributed by atoms with Gasteiger partial charge < -0.3 is 10.2 Å². The van der Waals surface area contributed by atoms with Gasteiger partial charge in [0.25, 0.3) is 0 Å². The SMILES string of the molecule is C=CCNC(=O)C1C=CC(CCC(CC)ON)=CC(N=CCCCCC)C1. The second-order valence-electron chi connectivity index (χ2n) is 7.08. The summed E-state index contributed by atoms with van der Waals surface area (Å²) < 4.78 is 0. The molecule has 0 radical (unpaired) electrons. The normalized spacial score (nSPS) is 20.9. The minimum atomic E-state index is -0.177. The molecule has 3 unspecified atom stereocenters. The molecule has 1 rings (SSSR count). The van der Waals surface area contributed by atoms with E-state index in [4.69, 9.17) is 15.7 Å². The van der Waals surface area contributed by atoms with Crippen molar-refractivity contribution in [1.29, 1.82) is 0 Å². The zero-order valence-corrected chi connectivity index (χ0v) is 17.0. The fraction of sp³-hybridized carbons (Fsp3) is 0.636. The Morgan fingerprint density at radius 1 is 1.48 bits per heavy atom. The third-order valence-corrected chi connectivity index (χ3v) is 4.84. The van der Waals surface area contributed by atoms with Crippen molar-refractivity contribution in [3.63, 3.8) is 0 Å². The lowest BCUT2D eigenvalue weighted by atomic mass is 10.00. The molecule has 27 heavy (non-hydrogen) atoms. The third kappa shape index (κ3) is 9.68. The minimum absolute atomic E-state index is 0.0231. The van der Waals surface area contributed by atoms with Crippen molar-refractivity contribution < 1.29 is 9.63 Å². The van der Waals surface area contributed by atoms with Crippen molar-refractivity contribution in [2.24, 2.45) is 16.8 Å². The number of hydrogen-bond donors (Lipinski definition) is 2. The molecule has 0 aromatic rings. The third-order valence-electron chi connectivity index (χ3n) is 4.84. The van der Waals surface area contributed by atoms with E-state index >= 15 is 0 Å². The van der Waals surface area contributed by atoms with Crippen LogP contribution < -0.4 is 11.2 Å². The molecule has 5 heteroatoms. The first-order valence-electron chi connectivity index (χ1n) is 10.3. The quantitative estimate of drug-likeness (QED) is 0.218. The molecule has 0 saturated carbocycles. The van der Waals surface area contributed by atoms with Crippen molar-refractivity contribution in [1.82, 2.24) is 5.32 Å². The highest BCUT2D eigenvalue weighted by Crippen LogP contribution is 2.23. The van der Waals surface area contributed by atoms with E-state index < -0.39 is 0 Å². The van der Waals surface area contributed by atoms with Gasteiger partial charge in [-0.05, 0) is 44.7 Å². The van der Waals surface area contributed by atoms with Crippen molar-refractivity contribution >= 4 is 12.1 Å². The van der Waals surface area contributed by atoms with Crippen LogP contribution in [0.15, 0.2) is 41.4 Å². The van der Waals surface area contributed by atoms with Gasteiger partial charge in [0.1, 0.15) is 0 Å². The number of hydrogen-bond acceptors (Lipinski definition) is 4. The summed E-state index contributed by atoms with van der Waals surface area (Å²) in [6, 6.07) is 0.0231. The second-order valence-corrected chi connectivity index (χ2v) is 7.08. The van der Waals surface area contributed by atoms with Crippen LogP contribution in [0.25, 0.3) is 0 Å². The molecule has 0 aliphatic heterocycles. The number of carbonyl (C=O) groups is 1. The molecule has 0 fully saturated rings. The summed E-state index contributed by atoms with van der Waals surface area (Å²) in [4.78, 5) is 22.2. The fourth-order valence-electron chi connectivity index (χ4n) is 3.11. The van der Waals surface area contributed by atoms with Gasteiger partial charge in [0.05, 0.1) is 18.1 Å². The number of amides is 1. The van der Waals surface area contributed by atoms with Gasteiger partial charge in [-0.15, -0.1) is 6.58 Å². The Balaban J connectivity index is 2.79. The van der Waals surface area contributed by atoms with Crippen LogP contribution in [0, 0.1) is 5.92 Å². The molecule has 5 nitrogen and oxygen atoms in total. The molecule has 1 amide bonds. The Bertz CT molecular complexity index is 522. The van der Waals surface area contributed by atoms with Crippen LogP contribution in [0.4, 0.5) is 0 Å². The number of allylic oxidation sites excluding steroid dienone is 2. The number of unbranched alkanes of at least 4 members (excludes halogenated alkanes) is 3. The molecule has 1 aliphatic rings. The Labute approximate surface area is 164 Å². The van der Waals surface area contributed by atoms with Gasteiger partial charge in [-0.25, -0.2) is 5.90 Å². The number of nitrogens with one attached hydrogen (secondary N) is 1. The summed E-state index contributed by atoms with van der Waals surface area (Å²) in [7, 11) is 0. The van der Waals surface area contributed by atoms with Gasteiger partial charge in [-0.3, -0.25) is 9.79 Å². The molecule has 1 aliphatic carbocycles. The molecule has 0 bridgehead atoms. The average Bonchev–Trinajstić information content (AvgIpc) is 2.89. The van der Waals surface area contributed by atoms with E-state index in [0.29, 0.717) is 13.0 Å². The van der Waals surface area contributed by atoms with E-state index in [9.17, 15) is 4.79 Å². The lowest BCUT2D eigenvalue weighted by Gasteiger charge is -2.14. The standard InChI is InChI=1S/C22H37N3O2/c1-4-7-8-9-15-24-20-16-18(11-13-21(6-3)27-23)10-12-19(17-20)22(26)25-14-5-2/h5,10,12,15-16,19-21H,2,4,6-9,11,13-14,17,23H2,1,3H3,(H,25,26). The molecule has 0 aromatic carbocycles. The van der Waals surface area contributed by atoms with Crippen molar-refractivity contribution in [3.8, 4) is 0 Å². The maximum Gasteiger partial charge on any atom is 0.227 e. The molecule has 0 heterocycles. The van der Waals surface area contributed by atoms with Gasteiger partial charge >= 0.3 is 0 Å². The van der Waals surface area contributed by atoms with Crippen molar-refractivity contribution in [3.05, 3.63) is 36.5 Å². The summed E-state index contributed by atoms with van der Waals surface area (Å²) >= 11 is 0. The summed E-state index contributed by atoms with van der Waals surface area (Å²) in [5, 5.41) is 2.90. The maximum absolute atomic E-state index is 12.4. The first kappa shape index (κ1) is 23.3. The van der Waals surface area contributed by atoms with Gasteiger partial charge in [0, 0.05) is 6.54 Å². The molecule has 3 N–H and O–H groups in total. The lowest BCUT2D eigenvalue weighted by molar-refractivity contribution is -0.123. The van der Waals surface area contributed by atoms with Gasteiger partial charge in [-0.2, -0.15) is 0 Å². The lowest BCUT2D eigenvalue weighted by Crippen LogP contribution is -2.31. The minimum Gasteiger partial charge on any atom is -0.352 e. The number of aliphatic imine (C=N–C) groups is 1. The van der Waals surface area contributed by atoms with E-state index in [-0.39, 0.29) is 24.0 Å². The zero-order valence-electron chi connectivity index (χ0n) is 17.0. The predicted octanol–water partition coefficient (Wildman–Crippen LogP) is 4.26.